The summed E-state index contributed by atoms with van der Waals surface area (Å²) in [5, 5.41) is 8.49. The summed E-state index contributed by atoms with van der Waals surface area (Å²) in [7, 11) is 0. The molecule has 19 heavy (non-hydrogen) atoms. The second-order valence-electron chi connectivity index (χ2n) is 4.57. The van der Waals surface area contributed by atoms with Gasteiger partial charge in [-0.1, -0.05) is 13.8 Å². The molecule has 2 N–H and O–H groups in total. The van der Waals surface area contributed by atoms with E-state index >= 15 is 0 Å². The average molecular weight is 279 g/mol. The SMILES string of the molecule is CC(C)CNc1nc(C(=O)NCc2ccco2)cs1. The summed E-state index contributed by atoms with van der Waals surface area (Å²) in [5.74, 6) is 1.08. The van der Waals surface area contributed by atoms with Gasteiger partial charge in [0.2, 0.25) is 0 Å². The topological polar surface area (TPSA) is 67.2 Å². The zero-order valence-corrected chi connectivity index (χ0v) is 11.8. The third-order valence-corrected chi connectivity index (χ3v) is 3.20. The van der Waals surface area contributed by atoms with Crippen LogP contribution in [0.2, 0.25) is 0 Å². The molecule has 2 aromatic rings. The fourth-order valence-electron chi connectivity index (χ4n) is 1.42. The van der Waals surface area contributed by atoms with Gasteiger partial charge in [0, 0.05) is 11.9 Å². The Morgan fingerprint density at radius 2 is 2.37 bits per heavy atom. The third kappa shape index (κ3) is 4.10. The van der Waals surface area contributed by atoms with E-state index in [4.69, 9.17) is 4.42 Å². The van der Waals surface area contributed by atoms with Crippen LogP contribution in [0.4, 0.5) is 5.13 Å². The van der Waals surface area contributed by atoms with Gasteiger partial charge in [-0.2, -0.15) is 0 Å². The van der Waals surface area contributed by atoms with Crippen LogP contribution in [-0.4, -0.2) is 17.4 Å². The van der Waals surface area contributed by atoms with Gasteiger partial charge in [-0.25, -0.2) is 4.98 Å². The Bertz CT molecular complexity index is 520. The zero-order chi connectivity index (χ0) is 13.7. The summed E-state index contributed by atoms with van der Waals surface area (Å²) >= 11 is 1.44. The number of hydrogen-bond acceptors (Lipinski definition) is 5. The van der Waals surface area contributed by atoms with Crippen LogP contribution in [0.5, 0.6) is 0 Å². The first-order chi connectivity index (χ1) is 9.15. The maximum absolute atomic E-state index is 11.9. The van der Waals surface area contributed by atoms with Crippen molar-refractivity contribution in [2.45, 2.75) is 20.4 Å². The monoisotopic (exact) mass is 279 g/mol. The summed E-state index contributed by atoms with van der Waals surface area (Å²) in [4.78, 5) is 16.1. The van der Waals surface area contributed by atoms with Gasteiger partial charge in [-0.15, -0.1) is 11.3 Å². The fourth-order valence-corrected chi connectivity index (χ4v) is 2.12. The molecule has 102 valence electrons. The molecule has 1 amide bonds. The van der Waals surface area contributed by atoms with Crippen molar-refractivity contribution in [3.05, 3.63) is 35.2 Å². The maximum Gasteiger partial charge on any atom is 0.271 e. The van der Waals surface area contributed by atoms with Gasteiger partial charge >= 0.3 is 0 Å². The van der Waals surface area contributed by atoms with Gasteiger partial charge < -0.3 is 15.1 Å². The van der Waals surface area contributed by atoms with Gasteiger partial charge in [0.05, 0.1) is 12.8 Å². The molecule has 0 fully saturated rings. The highest BCUT2D eigenvalue weighted by Gasteiger charge is 2.11. The third-order valence-electron chi connectivity index (χ3n) is 2.40. The molecule has 2 heterocycles. The van der Waals surface area contributed by atoms with Crippen molar-refractivity contribution >= 4 is 22.4 Å². The summed E-state index contributed by atoms with van der Waals surface area (Å²) in [6.45, 7) is 5.47. The molecule has 0 aliphatic carbocycles. The Morgan fingerprint density at radius 3 is 3.05 bits per heavy atom. The number of rotatable bonds is 6. The smallest absolute Gasteiger partial charge is 0.271 e. The normalized spacial score (nSPS) is 10.7. The highest BCUT2D eigenvalue weighted by atomic mass is 32.1. The molecule has 0 radical (unpaired) electrons. The summed E-state index contributed by atoms with van der Waals surface area (Å²) in [6, 6.07) is 3.61. The lowest BCUT2D eigenvalue weighted by Crippen LogP contribution is -2.22. The van der Waals surface area contributed by atoms with Crippen molar-refractivity contribution in [3.8, 4) is 0 Å². The number of hydrogen-bond donors (Lipinski definition) is 2. The lowest BCUT2D eigenvalue weighted by atomic mass is 10.2. The first-order valence-corrected chi connectivity index (χ1v) is 7.03. The van der Waals surface area contributed by atoms with E-state index in [1.807, 2.05) is 6.07 Å². The van der Waals surface area contributed by atoms with E-state index < -0.39 is 0 Å². The van der Waals surface area contributed by atoms with E-state index in [1.165, 1.54) is 11.3 Å². The second-order valence-corrected chi connectivity index (χ2v) is 5.43. The van der Waals surface area contributed by atoms with E-state index in [1.54, 1.807) is 17.7 Å². The van der Waals surface area contributed by atoms with E-state index in [2.05, 4.69) is 29.5 Å². The van der Waals surface area contributed by atoms with Crippen LogP contribution in [0.25, 0.3) is 0 Å². The number of furan rings is 1. The molecule has 2 rings (SSSR count). The van der Waals surface area contributed by atoms with E-state index in [0.29, 0.717) is 18.2 Å². The molecular formula is C13H17N3O2S. The Labute approximate surface area is 116 Å². The van der Waals surface area contributed by atoms with Gasteiger partial charge in [-0.3, -0.25) is 4.79 Å². The van der Waals surface area contributed by atoms with Gasteiger partial charge in [0.15, 0.2) is 5.13 Å². The van der Waals surface area contributed by atoms with Gasteiger partial charge in [0.25, 0.3) is 5.91 Å². The number of carbonyl (C=O) groups is 1. The second kappa shape index (κ2) is 6.38. The van der Waals surface area contributed by atoms with Crippen molar-refractivity contribution < 1.29 is 9.21 Å². The first kappa shape index (κ1) is 13.6. The number of nitrogens with one attached hydrogen (secondary N) is 2. The quantitative estimate of drug-likeness (QED) is 0.853. The molecule has 2 aromatic heterocycles. The summed E-state index contributed by atoms with van der Waals surface area (Å²) in [5.41, 5.74) is 0.433. The van der Waals surface area contributed by atoms with Crippen LogP contribution in [-0.2, 0) is 6.54 Å². The highest BCUT2D eigenvalue weighted by molar-refractivity contribution is 7.13. The molecule has 0 aliphatic heterocycles. The van der Waals surface area contributed by atoms with Gasteiger partial charge in [-0.05, 0) is 18.1 Å². The van der Waals surface area contributed by atoms with Crippen molar-refractivity contribution in [1.29, 1.82) is 0 Å². The maximum atomic E-state index is 11.9. The number of amides is 1. The number of carbonyl (C=O) groups excluding carboxylic acids is 1. The standard InChI is InChI=1S/C13H17N3O2S/c1-9(2)6-15-13-16-11(8-19-13)12(17)14-7-10-4-3-5-18-10/h3-5,8-9H,6-7H2,1-2H3,(H,14,17)(H,15,16). The Kier molecular flexibility index (Phi) is 4.57. The predicted octanol–water partition coefficient (Wildman–Crippen LogP) is 2.73. The van der Waals surface area contributed by atoms with Crippen LogP contribution in [0.1, 0.15) is 30.1 Å². The number of aromatic nitrogens is 1. The minimum Gasteiger partial charge on any atom is -0.467 e. The summed E-state index contributed by atoms with van der Waals surface area (Å²) in [6.07, 6.45) is 1.58. The van der Waals surface area contributed by atoms with Gasteiger partial charge in [0.1, 0.15) is 11.5 Å². The Hall–Kier alpha value is -1.82. The lowest BCUT2D eigenvalue weighted by molar-refractivity contribution is 0.0944. The number of anilines is 1. The fraction of sp³-hybridized carbons (Fsp3) is 0.385. The number of nitrogens with zero attached hydrogens (tertiary/aromatic N) is 1. The van der Waals surface area contributed by atoms with Crippen molar-refractivity contribution in [2.24, 2.45) is 5.92 Å². The predicted molar refractivity (Wildman–Crippen MR) is 75.3 cm³/mol. The Balaban J connectivity index is 1.85. The zero-order valence-electron chi connectivity index (χ0n) is 11.0. The van der Waals surface area contributed by atoms with Crippen LogP contribution >= 0.6 is 11.3 Å². The van der Waals surface area contributed by atoms with E-state index in [0.717, 1.165) is 17.4 Å². The minimum absolute atomic E-state index is 0.190. The van der Waals surface area contributed by atoms with Crippen LogP contribution < -0.4 is 10.6 Å². The molecule has 0 saturated carbocycles. The largest absolute Gasteiger partial charge is 0.467 e. The van der Waals surface area contributed by atoms with Crippen molar-refractivity contribution in [1.82, 2.24) is 10.3 Å². The molecule has 0 saturated heterocycles. The minimum atomic E-state index is -0.190. The number of thiazole rings is 1. The van der Waals surface area contributed by atoms with E-state index in [9.17, 15) is 4.79 Å². The highest BCUT2D eigenvalue weighted by Crippen LogP contribution is 2.15. The van der Waals surface area contributed by atoms with Crippen LogP contribution in [0.15, 0.2) is 28.2 Å². The molecule has 6 heteroatoms. The molecular weight excluding hydrogens is 262 g/mol. The molecule has 0 unspecified atom stereocenters. The molecule has 0 spiro atoms. The average Bonchev–Trinajstić information content (AvgIpc) is 3.04. The summed E-state index contributed by atoms with van der Waals surface area (Å²) < 4.78 is 5.15. The van der Waals surface area contributed by atoms with E-state index in [-0.39, 0.29) is 5.91 Å². The molecule has 0 aliphatic rings. The lowest BCUT2D eigenvalue weighted by Gasteiger charge is -2.04. The molecule has 0 atom stereocenters. The first-order valence-electron chi connectivity index (χ1n) is 6.15. The van der Waals surface area contributed by atoms with Crippen molar-refractivity contribution in [3.63, 3.8) is 0 Å². The Morgan fingerprint density at radius 1 is 1.53 bits per heavy atom. The van der Waals surface area contributed by atoms with Crippen molar-refractivity contribution in [2.75, 3.05) is 11.9 Å². The molecule has 0 aromatic carbocycles. The van der Waals surface area contributed by atoms with Crippen LogP contribution in [0, 0.1) is 5.92 Å². The van der Waals surface area contributed by atoms with Crippen LogP contribution in [0.3, 0.4) is 0 Å². The molecule has 5 nitrogen and oxygen atoms in total. The molecule has 0 bridgehead atoms.